The Morgan fingerprint density at radius 2 is 1.70 bits per heavy atom. The maximum absolute atomic E-state index is 12.1. The molecule has 1 aromatic carbocycles. The predicted octanol–water partition coefficient (Wildman–Crippen LogP) is 1.66. The molecule has 1 aromatic rings. The summed E-state index contributed by atoms with van der Waals surface area (Å²) in [7, 11) is 0. The molecule has 0 fully saturated rings. The lowest BCUT2D eigenvalue weighted by molar-refractivity contribution is -0.144. The molecule has 0 aliphatic heterocycles. The quantitative estimate of drug-likeness (QED) is 0.612. The second-order valence-corrected chi connectivity index (χ2v) is 5.19. The lowest BCUT2D eigenvalue weighted by Crippen LogP contribution is -2.33. The van der Waals surface area contributed by atoms with Crippen molar-refractivity contribution in [3.8, 4) is 0 Å². The highest BCUT2D eigenvalue weighted by Crippen LogP contribution is 2.22. The first-order valence-corrected chi connectivity index (χ1v) is 6.36. The maximum Gasteiger partial charge on any atom is 0.316 e. The molecule has 0 atom stereocenters. The molecule has 0 unspecified atom stereocenters. The molecule has 0 radical (unpaired) electrons. The van der Waals surface area contributed by atoms with Crippen molar-refractivity contribution >= 4 is 17.7 Å². The minimum absolute atomic E-state index is 0.0833. The van der Waals surface area contributed by atoms with Crippen LogP contribution in [-0.2, 0) is 16.0 Å². The summed E-state index contributed by atoms with van der Waals surface area (Å²) in [5.74, 6) is -1.64. The second-order valence-electron chi connectivity index (χ2n) is 5.19. The summed E-state index contributed by atoms with van der Waals surface area (Å²) >= 11 is 0. The Bertz CT molecular complexity index is 517. The number of carboxylic acids is 1. The minimum atomic E-state index is -1.43. The van der Waals surface area contributed by atoms with Gasteiger partial charge in [-0.05, 0) is 25.8 Å². The van der Waals surface area contributed by atoms with Gasteiger partial charge in [0, 0.05) is 19.0 Å². The van der Waals surface area contributed by atoms with Gasteiger partial charge in [0.05, 0.1) is 0 Å². The molecule has 2 N–H and O–H groups in total. The Labute approximate surface area is 118 Å². The summed E-state index contributed by atoms with van der Waals surface area (Å²) in [6, 6.07) is 6.78. The number of hydrogen-bond acceptors (Lipinski definition) is 3. The van der Waals surface area contributed by atoms with Crippen LogP contribution >= 0.6 is 0 Å². The average molecular weight is 277 g/mol. The van der Waals surface area contributed by atoms with E-state index in [1.54, 1.807) is 24.3 Å². The number of carboxylic acid groups (broad SMARTS) is 1. The van der Waals surface area contributed by atoms with E-state index in [1.807, 2.05) is 0 Å². The second kappa shape index (κ2) is 6.32. The summed E-state index contributed by atoms with van der Waals surface area (Å²) in [6.45, 7) is 4.77. The topological polar surface area (TPSA) is 83.5 Å². The molecule has 1 amide bonds. The molecule has 108 valence electrons. The molecule has 5 nitrogen and oxygen atoms in total. The van der Waals surface area contributed by atoms with Gasteiger partial charge >= 0.3 is 5.97 Å². The largest absolute Gasteiger partial charge is 0.481 e. The third-order valence-corrected chi connectivity index (χ3v) is 3.11. The summed E-state index contributed by atoms with van der Waals surface area (Å²) in [5.41, 5.74) is -0.0818. The molecule has 0 aromatic heterocycles. The SMILES string of the molecule is CC(=O)NCCc1ccc(C(=O)C(C)(C)C(=O)O)cc1. The van der Waals surface area contributed by atoms with Crippen molar-refractivity contribution in [2.45, 2.75) is 27.2 Å². The molecular weight excluding hydrogens is 258 g/mol. The van der Waals surface area contributed by atoms with Crippen molar-refractivity contribution in [2.75, 3.05) is 6.54 Å². The number of aliphatic carboxylic acids is 1. The Kier molecular flexibility index (Phi) is 5.02. The fourth-order valence-electron chi connectivity index (χ4n) is 1.66. The van der Waals surface area contributed by atoms with E-state index in [2.05, 4.69) is 5.32 Å². The summed E-state index contributed by atoms with van der Waals surface area (Å²) in [4.78, 5) is 33.9. The number of carbonyl (C=O) groups excluding carboxylic acids is 2. The van der Waals surface area contributed by atoms with Crippen molar-refractivity contribution in [1.29, 1.82) is 0 Å². The zero-order chi connectivity index (χ0) is 15.3. The molecule has 0 heterocycles. The maximum atomic E-state index is 12.1. The van der Waals surface area contributed by atoms with E-state index in [-0.39, 0.29) is 5.91 Å². The highest BCUT2D eigenvalue weighted by molar-refractivity contribution is 6.11. The number of rotatable bonds is 6. The van der Waals surface area contributed by atoms with Gasteiger partial charge in [-0.1, -0.05) is 24.3 Å². The van der Waals surface area contributed by atoms with Gasteiger partial charge in [0.2, 0.25) is 5.91 Å². The molecule has 0 aliphatic rings. The lowest BCUT2D eigenvalue weighted by atomic mass is 9.84. The Morgan fingerprint density at radius 3 is 2.15 bits per heavy atom. The van der Waals surface area contributed by atoms with Crippen LogP contribution in [0.5, 0.6) is 0 Å². The summed E-state index contributed by atoms with van der Waals surface area (Å²) < 4.78 is 0. The Balaban J connectivity index is 2.74. The molecule has 5 heteroatoms. The first-order chi connectivity index (χ1) is 9.25. The number of hydrogen-bond donors (Lipinski definition) is 2. The highest BCUT2D eigenvalue weighted by Gasteiger charge is 2.36. The van der Waals surface area contributed by atoms with Crippen LogP contribution in [0.4, 0.5) is 0 Å². The smallest absolute Gasteiger partial charge is 0.316 e. The Hall–Kier alpha value is -2.17. The van der Waals surface area contributed by atoms with Gasteiger partial charge in [0.1, 0.15) is 5.41 Å². The predicted molar refractivity (Wildman–Crippen MR) is 74.6 cm³/mol. The number of ketones is 1. The molecule has 0 saturated heterocycles. The Morgan fingerprint density at radius 1 is 1.15 bits per heavy atom. The molecule has 1 rings (SSSR count). The minimum Gasteiger partial charge on any atom is -0.481 e. The van der Waals surface area contributed by atoms with Gasteiger partial charge in [-0.3, -0.25) is 14.4 Å². The van der Waals surface area contributed by atoms with Gasteiger partial charge < -0.3 is 10.4 Å². The fourth-order valence-corrected chi connectivity index (χ4v) is 1.66. The van der Waals surface area contributed by atoms with Gasteiger partial charge in [-0.15, -0.1) is 0 Å². The van der Waals surface area contributed by atoms with E-state index in [0.29, 0.717) is 18.5 Å². The zero-order valence-electron chi connectivity index (χ0n) is 11.9. The van der Waals surface area contributed by atoms with Crippen LogP contribution < -0.4 is 5.32 Å². The monoisotopic (exact) mass is 277 g/mol. The first-order valence-electron chi connectivity index (χ1n) is 6.36. The van der Waals surface area contributed by atoms with Gasteiger partial charge in [0.15, 0.2) is 5.78 Å². The standard InChI is InChI=1S/C15H19NO4/c1-10(17)16-9-8-11-4-6-12(7-5-11)13(18)15(2,3)14(19)20/h4-7H,8-9H2,1-3H3,(H,16,17)(H,19,20). The van der Waals surface area contributed by atoms with Crippen molar-refractivity contribution < 1.29 is 19.5 Å². The fraction of sp³-hybridized carbons (Fsp3) is 0.400. The van der Waals surface area contributed by atoms with Crippen molar-refractivity contribution in [3.63, 3.8) is 0 Å². The molecule has 0 aliphatic carbocycles. The number of amides is 1. The number of nitrogens with one attached hydrogen (secondary N) is 1. The van der Waals surface area contributed by atoms with Gasteiger partial charge in [0.25, 0.3) is 0 Å². The molecular formula is C15H19NO4. The summed E-state index contributed by atoms with van der Waals surface area (Å²) in [5, 5.41) is 11.7. The van der Waals surface area contributed by atoms with Crippen LogP contribution in [-0.4, -0.2) is 29.3 Å². The number of carbonyl (C=O) groups is 3. The van der Waals surface area contributed by atoms with E-state index in [1.165, 1.54) is 20.8 Å². The first kappa shape index (κ1) is 15.9. The normalized spacial score (nSPS) is 10.9. The van der Waals surface area contributed by atoms with Crippen molar-refractivity contribution in [3.05, 3.63) is 35.4 Å². The van der Waals surface area contributed by atoms with Crippen LogP contribution in [0.25, 0.3) is 0 Å². The third-order valence-electron chi connectivity index (χ3n) is 3.11. The van der Waals surface area contributed by atoms with E-state index < -0.39 is 17.2 Å². The van der Waals surface area contributed by atoms with Gasteiger partial charge in [-0.2, -0.15) is 0 Å². The zero-order valence-corrected chi connectivity index (χ0v) is 11.9. The van der Waals surface area contributed by atoms with Gasteiger partial charge in [-0.25, -0.2) is 0 Å². The molecule has 0 saturated carbocycles. The highest BCUT2D eigenvalue weighted by atomic mass is 16.4. The molecule has 20 heavy (non-hydrogen) atoms. The van der Waals surface area contributed by atoms with Crippen LogP contribution in [0.1, 0.15) is 36.7 Å². The van der Waals surface area contributed by atoms with Crippen molar-refractivity contribution in [2.24, 2.45) is 5.41 Å². The van der Waals surface area contributed by atoms with E-state index in [4.69, 9.17) is 5.11 Å². The van der Waals surface area contributed by atoms with Crippen LogP contribution in [0.3, 0.4) is 0 Å². The third kappa shape index (κ3) is 3.91. The van der Waals surface area contributed by atoms with Crippen LogP contribution in [0.2, 0.25) is 0 Å². The van der Waals surface area contributed by atoms with Crippen LogP contribution in [0, 0.1) is 5.41 Å². The molecule has 0 spiro atoms. The van der Waals surface area contributed by atoms with E-state index in [9.17, 15) is 14.4 Å². The number of benzene rings is 1. The molecule has 0 bridgehead atoms. The van der Waals surface area contributed by atoms with E-state index >= 15 is 0 Å². The van der Waals surface area contributed by atoms with Crippen LogP contribution in [0.15, 0.2) is 24.3 Å². The average Bonchev–Trinajstić information content (AvgIpc) is 2.38. The lowest BCUT2D eigenvalue weighted by Gasteiger charge is -2.17. The number of Topliss-reactive ketones (excluding diaryl/α,β-unsaturated/α-hetero) is 1. The summed E-state index contributed by atoms with van der Waals surface area (Å²) in [6.07, 6.45) is 0.663. The van der Waals surface area contributed by atoms with E-state index in [0.717, 1.165) is 5.56 Å². The van der Waals surface area contributed by atoms with Crippen molar-refractivity contribution in [1.82, 2.24) is 5.32 Å².